The molecule has 0 aromatic carbocycles. The Morgan fingerprint density at radius 3 is 1.13 bits per heavy atom. The zero-order chi connectivity index (χ0) is 67.2. The maximum absolute atomic E-state index is 13.1. The Bertz CT molecular complexity index is 1690. The molecule has 1 aliphatic heterocycles. The predicted octanol–water partition coefficient (Wildman–Crippen LogP) is 21.9. The maximum Gasteiger partial charge on any atom is 0.305 e. The zero-order valence-electron chi connectivity index (χ0n) is 61.0. The van der Waals surface area contributed by atoms with Crippen LogP contribution in [0.15, 0.2) is 48.6 Å². The van der Waals surface area contributed by atoms with E-state index in [4.69, 9.17) is 14.2 Å². The van der Waals surface area contributed by atoms with Crippen LogP contribution in [-0.2, 0) is 23.8 Å². The Morgan fingerprint density at radius 2 is 0.731 bits per heavy atom. The number of aliphatic hydroxyl groups is 5. The molecule has 0 spiro atoms. The molecule has 0 saturated carbocycles. The largest absolute Gasteiger partial charge is 0.466 e. The quantitative estimate of drug-likeness (QED) is 0.0195. The van der Waals surface area contributed by atoms with E-state index >= 15 is 0 Å². The highest BCUT2D eigenvalue weighted by atomic mass is 16.7. The van der Waals surface area contributed by atoms with Gasteiger partial charge in [-0.3, -0.25) is 9.59 Å². The average Bonchev–Trinajstić information content (AvgIpc) is 0.905. The first-order valence-electron chi connectivity index (χ1n) is 40.4. The highest BCUT2D eigenvalue weighted by molar-refractivity contribution is 5.76. The van der Waals surface area contributed by atoms with Crippen molar-refractivity contribution in [3.8, 4) is 0 Å². The molecule has 6 N–H and O–H groups in total. The molecule has 1 rings (SSSR count). The van der Waals surface area contributed by atoms with Crippen molar-refractivity contribution < 1.29 is 49.3 Å². The van der Waals surface area contributed by atoms with E-state index in [1.807, 2.05) is 6.08 Å². The van der Waals surface area contributed by atoms with E-state index in [-0.39, 0.29) is 18.5 Å². The Hall–Kier alpha value is -2.38. The predicted molar refractivity (Wildman–Crippen MR) is 394 cm³/mol. The van der Waals surface area contributed by atoms with Gasteiger partial charge in [-0.2, -0.15) is 0 Å². The summed E-state index contributed by atoms with van der Waals surface area (Å²) in [5.74, 6) is -0.172. The summed E-state index contributed by atoms with van der Waals surface area (Å²) in [5.41, 5.74) is 0. The lowest BCUT2D eigenvalue weighted by Crippen LogP contribution is -2.60. The molecule has 0 aliphatic carbocycles. The zero-order valence-corrected chi connectivity index (χ0v) is 61.0. The Morgan fingerprint density at radius 1 is 0.398 bits per heavy atom. The lowest BCUT2D eigenvalue weighted by Gasteiger charge is -2.40. The van der Waals surface area contributed by atoms with Gasteiger partial charge in [-0.25, -0.2) is 0 Å². The van der Waals surface area contributed by atoms with Gasteiger partial charge in [0.1, 0.15) is 24.4 Å². The van der Waals surface area contributed by atoms with E-state index in [9.17, 15) is 35.1 Å². The minimum absolute atomic E-state index is 0.00374. The maximum atomic E-state index is 13.1. The van der Waals surface area contributed by atoms with Crippen LogP contribution in [0, 0.1) is 0 Å². The summed E-state index contributed by atoms with van der Waals surface area (Å²) < 4.78 is 16.8. The number of nitrogens with one attached hydrogen (secondary N) is 1. The van der Waals surface area contributed by atoms with Crippen LogP contribution in [0.25, 0.3) is 0 Å². The molecule has 7 atom stereocenters. The molecule has 1 amide bonds. The van der Waals surface area contributed by atoms with E-state index in [0.717, 1.165) is 64.2 Å². The minimum Gasteiger partial charge on any atom is -0.466 e. The number of aliphatic hydroxyl groups excluding tert-OH is 5. The number of amides is 1. The number of rotatable bonds is 72. The molecule has 0 aromatic heterocycles. The summed E-state index contributed by atoms with van der Waals surface area (Å²) in [6.07, 6.45) is 84.2. The third-order valence-corrected chi connectivity index (χ3v) is 19.2. The minimum atomic E-state index is -1.57. The second-order valence-corrected chi connectivity index (χ2v) is 28.1. The molecule has 0 radical (unpaired) electrons. The van der Waals surface area contributed by atoms with Crippen LogP contribution in [0.3, 0.4) is 0 Å². The third-order valence-electron chi connectivity index (χ3n) is 19.2. The lowest BCUT2D eigenvalue weighted by molar-refractivity contribution is -0.302. The fraction of sp³-hybridized carbons (Fsp3) is 0.878. The van der Waals surface area contributed by atoms with Crippen molar-refractivity contribution in [2.45, 2.75) is 442 Å². The monoisotopic (exact) mass is 1310 g/mol. The number of ether oxygens (including phenoxy) is 3. The van der Waals surface area contributed by atoms with E-state index in [1.165, 1.54) is 308 Å². The second-order valence-electron chi connectivity index (χ2n) is 28.1. The standard InChI is InChI=1S/C82H153NO10/c1-3-5-7-9-11-13-15-16-42-45-49-52-56-60-64-68-75(85)74(73-92-82-81(90)80(89)79(88)76(72-84)93-82)83-77(86)69-65-61-57-53-50-46-43-40-38-36-34-32-30-28-26-24-22-20-18-17-19-21-23-25-27-29-31-33-35-37-39-41-44-47-51-55-59-63-67-71-91-78(87)70-66-62-58-54-48-14-12-10-8-6-4-2/h10,12,17-18,21,23,64,68,74-76,79-82,84-85,88-90H,3-9,11,13-16,19-20,22,24-63,65-67,69-73H2,1-2H3,(H,83,86)/b12-10-,18-17-,23-21-,68-64+. The van der Waals surface area contributed by atoms with Crippen molar-refractivity contribution in [3.05, 3.63) is 48.6 Å². The third kappa shape index (κ3) is 59.4. The van der Waals surface area contributed by atoms with Crippen molar-refractivity contribution in [2.24, 2.45) is 0 Å². The molecule has 1 fully saturated rings. The normalized spacial score (nSPS) is 17.7. The molecule has 93 heavy (non-hydrogen) atoms. The number of carbonyl (C=O) groups is 2. The van der Waals surface area contributed by atoms with Crippen molar-refractivity contribution in [3.63, 3.8) is 0 Å². The molecule has 11 nitrogen and oxygen atoms in total. The van der Waals surface area contributed by atoms with Gasteiger partial charge in [0.15, 0.2) is 6.29 Å². The summed E-state index contributed by atoms with van der Waals surface area (Å²) >= 11 is 0. The number of hydrogen-bond donors (Lipinski definition) is 6. The van der Waals surface area contributed by atoms with Gasteiger partial charge in [0, 0.05) is 12.8 Å². The highest BCUT2D eigenvalue weighted by Crippen LogP contribution is 2.24. The fourth-order valence-corrected chi connectivity index (χ4v) is 12.8. The molecule has 11 heteroatoms. The number of unbranched alkanes of at least 4 members (excludes halogenated alkanes) is 52. The summed E-state index contributed by atoms with van der Waals surface area (Å²) in [4.78, 5) is 25.1. The van der Waals surface area contributed by atoms with Crippen LogP contribution in [-0.4, -0.2) is 100 Å². The van der Waals surface area contributed by atoms with Gasteiger partial charge in [0.05, 0.1) is 32.0 Å². The van der Waals surface area contributed by atoms with Gasteiger partial charge < -0.3 is 45.1 Å². The van der Waals surface area contributed by atoms with E-state index in [2.05, 4.69) is 55.6 Å². The van der Waals surface area contributed by atoms with Gasteiger partial charge >= 0.3 is 5.97 Å². The summed E-state index contributed by atoms with van der Waals surface area (Å²) in [6.45, 7) is 4.36. The molecule has 1 aliphatic rings. The molecular formula is C82H153NO10. The van der Waals surface area contributed by atoms with Crippen LogP contribution >= 0.6 is 0 Å². The van der Waals surface area contributed by atoms with E-state index in [1.54, 1.807) is 6.08 Å². The van der Waals surface area contributed by atoms with Crippen LogP contribution in [0.5, 0.6) is 0 Å². The van der Waals surface area contributed by atoms with Gasteiger partial charge in [0.25, 0.3) is 0 Å². The summed E-state index contributed by atoms with van der Waals surface area (Å²) in [5, 5.41) is 54.7. The Labute approximate surface area is 574 Å². The number of carbonyl (C=O) groups excluding carboxylic acids is 2. The van der Waals surface area contributed by atoms with Gasteiger partial charge in [-0.1, -0.05) is 351 Å². The van der Waals surface area contributed by atoms with Crippen LogP contribution in [0.1, 0.15) is 399 Å². The molecule has 546 valence electrons. The Balaban J connectivity index is 1.93. The van der Waals surface area contributed by atoms with E-state index < -0.39 is 49.5 Å². The number of hydrogen-bond acceptors (Lipinski definition) is 10. The smallest absolute Gasteiger partial charge is 0.305 e. The van der Waals surface area contributed by atoms with Crippen molar-refractivity contribution in [1.29, 1.82) is 0 Å². The molecule has 7 unspecified atom stereocenters. The van der Waals surface area contributed by atoms with Crippen molar-refractivity contribution in [2.75, 3.05) is 19.8 Å². The first kappa shape index (κ1) is 88.6. The molecule has 0 bridgehead atoms. The first-order chi connectivity index (χ1) is 45.7. The number of allylic oxidation sites excluding steroid dienone is 7. The molecule has 1 saturated heterocycles. The first-order valence-corrected chi connectivity index (χ1v) is 40.4. The Kier molecular flexibility index (Phi) is 67.6. The second kappa shape index (κ2) is 70.9. The van der Waals surface area contributed by atoms with Gasteiger partial charge in [-0.15, -0.1) is 0 Å². The number of esters is 1. The summed E-state index contributed by atoms with van der Waals surface area (Å²) in [7, 11) is 0. The van der Waals surface area contributed by atoms with Gasteiger partial charge in [-0.05, 0) is 83.5 Å². The highest BCUT2D eigenvalue weighted by Gasteiger charge is 2.44. The molecular weight excluding hydrogens is 1160 g/mol. The SMILES string of the molecule is CCCC/C=C\CCCCCCCC(=O)OCCCCCCCCCCCCCCCCC/C=C\C/C=C\CCCCCCCCCCCCCCCCCCCC(=O)NC(COC1OC(CO)C(O)C(O)C1O)C(O)/C=C/CCCCCCCCCCCCCCC. The van der Waals surface area contributed by atoms with Crippen LogP contribution < -0.4 is 5.32 Å². The summed E-state index contributed by atoms with van der Waals surface area (Å²) in [6, 6.07) is -0.809. The fourth-order valence-electron chi connectivity index (χ4n) is 12.8. The molecule has 1 heterocycles. The lowest BCUT2D eigenvalue weighted by atomic mass is 9.99. The van der Waals surface area contributed by atoms with Crippen LogP contribution in [0.2, 0.25) is 0 Å². The van der Waals surface area contributed by atoms with E-state index in [0.29, 0.717) is 19.4 Å². The van der Waals surface area contributed by atoms with Gasteiger partial charge in [0.2, 0.25) is 5.91 Å². The topological polar surface area (TPSA) is 175 Å². The van der Waals surface area contributed by atoms with Crippen molar-refractivity contribution >= 4 is 11.9 Å². The van der Waals surface area contributed by atoms with Crippen LogP contribution in [0.4, 0.5) is 0 Å². The molecule has 0 aromatic rings. The van der Waals surface area contributed by atoms with Crippen molar-refractivity contribution in [1.82, 2.24) is 5.32 Å². The average molecular weight is 1310 g/mol.